The number of nitrogens with one attached hydrogen (secondary N) is 2. The van der Waals surface area contributed by atoms with Crippen LogP contribution in [0.3, 0.4) is 0 Å². The Labute approximate surface area is 91.8 Å². The van der Waals surface area contributed by atoms with E-state index in [1.54, 1.807) is 6.92 Å². The van der Waals surface area contributed by atoms with Gasteiger partial charge in [0, 0.05) is 24.9 Å². The molecule has 0 saturated heterocycles. The zero-order chi connectivity index (χ0) is 11.8. The summed E-state index contributed by atoms with van der Waals surface area (Å²) in [5, 5.41) is 6.06. The number of ketones is 2. The first-order chi connectivity index (χ1) is 6.95. The average Bonchev–Trinajstić information content (AvgIpc) is 2.13. The summed E-state index contributed by atoms with van der Waals surface area (Å²) in [6.07, 6.45) is 1.01. The fraction of sp³-hybridized carbons (Fsp3) is 0.818. The van der Waals surface area contributed by atoms with E-state index in [1.165, 1.54) is 0 Å². The Balaban J connectivity index is 3.66. The molecule has 0 aromatic carbocycles. The lowest BCUT2D eigenvalue weighted by molar-refractivity contribution is -0.120. The molecule has 0 aliphatic heterocycles. The van der Waals surface area contributed by atoms with Gasteiger partial charge in [-0.05, 0) is 27.8 Å². The number of hydrogen-bond acceptors (Lipinski definition) is 4. The molecular formula is C11H22N2O2. The minimum Gasteiger partial charge on any atom is -0.317 e. The quantitative estimate of drug-likeness (QED) is 0.618. The highest BCUT2D eigenvalue weighted by Crippen LogP contribution is 1.94. The summed E-state index contributed by atoms with van der Waals surface area (Å²) in [6.45, 7) is 5.79. The number of rotatable bonds is 8. The average molecular weight is 214 g/mol. The topological polar surface area (TPSA) is 58.2 Å². The second-order valence-corrected chi connectivity index (χ2v) is 4.12. The SMILES string of the molecule is CNC(C)CC(=O)CNC(C)CC(C)=O. The van der Waals surface area contributed by atoms with E-state index in [-0.39, 0.29) is 23.7 Å². The Morgan fingerprint density at radius 1 is 1.13 bits per heavy atom. The van der Waals surface area contributed by atoms with Crippen molar-refractivity contribution >= 4 is 11.6 Å². The molecule has 0 heterocycles. The first-order valence-electron chi connectivity index (χ1n) is 5.37. The molecule has 0 fully saturated rings. The highest BCUT2D eigenvalue weighted by Gasteiger charge is 2.09. The minimum absolute atomic E-state index is 0.0799. The molecule has 2 unspecified atom stereocenters. The van der Waals surface area contributed by atoms with Crippen molar-refractivity contribution in [3.8, 4) is 0 Å². The van der Waals surface area contributed by atoms with Crippen molar-refractivity contribution in [3.05, 3.63) is 0 Å². The molecule has 4 heteroatoms. The van der Waals surface area contributed by atoms with Gasteiger partial charge in [-0.1, -0.05) is 0 Å². The van der Waals surface area contributed by atoms with E-state index in [0.29, 0.717) is 19.4 Å². The summed E-state index contributed by atoms with van der Waals surface area (Å²) in [5.41, 5.74) is 0. The highest BCUT2D eigenvalue weighted by atomic mass is 16.1. The third-order valence-electron chi connectivity index (χ3n) is 2.27. The van der Waals surface area contributed by atoms with Crippen molar-refractivity contribution in [2.75, 3.05) is 13.6 Å². The fourth-order valence-corrected chi connectivity index (χ4v) is 1.31. The van der Waals surface area contributed by atoms with Crippen LogP contribution in [0, 0.1) is 0 Å². The lowest BCUT2D eigenvalue weighted by Crippen LogP contribution is -2.35. The second-order valence-electron chi connectivity index (χ2n) is 4.12. The first-order valence-corrected chi connectivity index (χ1v) is 5.37. The van der Waals surface area contributed by atoms with Gasteiger partial charge < -0.3 is 10.6 Å². The van der Waals surface area contributed by atoms with Gasteiger partial charge in [-0.25, -0.2) is 0 Å². The maximum Gasteiger partial charge on any atom is 0.148 e. The summed E-state index contributed by atoms with van der Waals surface area (Å²) in [4.78, 5) is 22.2. The minimum atomic E-state index is 0.0799. The van der Waals surface area contributed by atoms with E-state index < -0.39 is 0 Å². The molecule has 0 aliphatic carbocycles. The fourth-order valence-electron chi connectivity index (χ4n) is 1.31. The van der Waals surface area contributed by atoms with Gasteiger partial charge in [-0.15, -0.1) is 0 Å². The maximum absolute atomic E-state index is 11.4. The van der Waals surface area contributed by atoms with Crippen LogP contribution < -0.4 is 10.6 Å². The van der Waals surface area contributed by atoms with E-state index in [1.807, 2.05) is 20.9 Å². The lowest BCUT2D eigenvalue weighted by atomic mass is 10.1. The number of carbonyl (C=O) groups excluding carboxylic acids is 2. The highest BCUT2D eigenvalue weighted by molar-refractivity contribution is 5.81. The molecule has 0 aliphatic rings. The summed E-state index contributed by atoms with van der Waals surface area (Å²) in [7, 11) is 1.84. The van der Waals surface area contributed by atoms with Crippen molar-refractivity contribution in [1.29, 1.82) is 0 Å². The summed E-state index contributed by atoms with van der Waals surface area (Å²) >= 11 is 0. The Hall–Kier alpha value is -0.740. The van der Waals surface area contributed by atoms with Crippen molar-refractivity contribution in [2.45, 2.75) is 45.7 Å². The standard InChI is InChI=1S/C11H22N2O2/c1-8(12-4)6-11(15)7-13-9(2)5-10(3)14/h8-9,12-13H,5-7H2,1-4H3. The van der Waals surface area contributed by atoms with Gasteiger partial charge >= 0.3 is 0 Å². The Morgan fingerprint density at radius 2 is 1.73 bits per heavy atom. The maximum atomic E-state index is 11.4. The van der Waals surface area contributed by atoms with Gasteiger partial charge in [0.25, 0.3) is 0 Å². The van der Waals surface area contributed by atoms with E-state index in [4.69, 9.17) is 0 Å². The van der Waals surface area contributed by atoms with Crippen LogP contribution in [0.5, 0.6) is 0 Å². The molecule has 0 radical (unpaired) electrons. The molecule has 0 amide bonds. The first kappa shape index (κ1) is 14.3. The molecule has 0 aromatic heterocycles. The monoisotopic (exact) mass is 214 g/mol. The predicted octanol–water partition coefficient (Wildman–Crippen LogP) is 0.511. The van der Waals surface area contributed by atoms with Crippen LogP contribution in [0.25, 0.3) is 0 Å². The molecule has 15 heavy (non-hydrogen) atoms. The number of Topliss-reactive ketones (excluding diaryl/α,β-unsaturated/α-hetero) is 2. The molecule has 0 aromatic rings. The number of hydrogen-bond donors (Lipinski definition) is 2. The van der Waals surface area contributed by atoms with Crippen LogP contribution in [-0.4, -0.2) is 37.2 Å². The van der Waals surface area contributed by atoms with Crippen LogP contribution in [0.15, 0.2) is 0 Å². The van der Waals surface area contributed by atoms with Gasteiger partial charge in [-0.3, -0.25) is 9.59 Å². The van der Waals surface area contributed by atoms with E-state index in [2.05, 4.69) is 10.6 Å². The van der Waals surface area contributed by atoms with Crippen LogP contribution in [0.4, 0.5) is 0 Å². The van der Waals surface area contributed by atoms with Gasteiger partial charge in [0.05, 0.1) is 6.54 Å². The third-order valence-corrected chi connectivity index (χ3v) is 2.27. The lowest BCUT2D eigenvalue weighted by Gasteiger charge is -2.13. The molecule has 0 saturated carbocycles. The molecule has 0 rings (SSSR count). The van der Waals surface area contributed by atoms with E-state index in [0.717, 1.165) is 0 Å². The largest absolute Gasteiger partial charge is 0.317 e. The molecular weight excluding hydrogens is 192 g/mol. The van der Waals surface area contributed by atoms with Crippen LogP contribution >= 0.6 is 0 Å². The Kier molecular flexibility index (Phi) is 7.17. The Bertz CT molecular complexity index is 217. The van der Waals surface area contributed by atoms with Crippen LogP contribution in [0.1, 0.15) is 33.6 Å². The normalized spacial score (nSPS) is 14.7. The van der Waals surface area contributed by atoms with Crippen molar-refractivity contribution in [1.82, 2.24) is 10.6 Å². The smallest absolute Gasteiger partial charge is 0.148 e. The zero-order valence-electron chi connectivity index (χ0n) is 10.1. The molecule has 4 nitrogen and oxygen atoms in total. The zero-order valence-corrected chi connectivity index (χ0v) is 10.1. The molecule has 0 bridgehead atoms. The van der Waals surface area contributed by atoms with Crippen LogP contribution in [-0.2, 0) is 9.59 Å². The molecule has 88 valence electrons. The molecule has 2 N–H and O–H groups in total. The second kappa shape index (κ2) is 7.54. The van der Waals surface area contributed by atoms with Gasteiger partial charge in [0.15, 0.2) is 0 Å². The van der Waals surface area contributed by atoms with E-state index >= 15 is 0 Å². The van der Waals surface area contributed by atoms with Gasteiger partial charge in [-0.2, -0.15) is 0 Å². The molecule has 0 spiro atoms. The van der Waals surface area contributed by atoms with Crippen LogP contribution in [0.2, 0.25) is 0 Å². The van der Waals surface area contributed by atoms with Crippen molar-refractivity contribution < 1.29 is 9.59 Å². The Morgan fingerprint density at radius 3 is 2.20 bits per heavy atom. The van der Waals surface area contributed by atoms with Crippen molar-refractivity contribution in [2.24, 2.45) is 0 Å². The third kappa shape index (κ3) is 8.27. The summed E-state index contributed by atoms with van der Waals surface area (Å²) in [6, 6.07) is 0.291. The van der Waals surface area contributed by atoms with Gasteiger partial charge in [0.1, 0.15) is 11.6 Å². The van der Waals surface area contributed by atoms with Gasteiger partial charge in [0.2, 0.25) is 0 Å². The van der Waals surface area contributed by atoms with E-state index in [9.17, 15) is 9.59 Å². The summed E-state index contributed by atoms with van der Waals surface area (Å²) in [5.74, 6) is 0.318. The summed E-state index contributed by atoms with van der Waals surface area (Å²) < 4.78 is 0. The molecule has 2 atom stereocenters. The number of carbonyl (C=O) groups is 2. The predicted molar refractivity (Wildman–Crippen MR) is 60.9 cm³/mol. The van der Waals surface area contributed by atoms with Crippen molar-refractivity contribution in [3.63, 3.8) is 0 Å².